The Morgan fingerprint density at radius 3 is 2.27 bits per heavy atom. The number of hydrogen-bond donors (Lipinski definition) is 2. The van der Waals surface area contributed by atoms with Gasteiger partial charge in [0.05, 0.1) is 12.4 Å². The van der Waals surface area contributed by atoms with E-state index in [1.807, 2.05) is 38.1 Å². The van der Waals surface area contributed by atoms with E-state index in [1.54, 1.807) is 0 Å². The smallest absolute Gasteiger partial charge is 0.356 e. The zero-order chi connectivity index (χ0) is 16.1. The number of hydrogen-bond acceptors (Lipinski definition) is 4. The molecule has 0 radical (unpaired) electrons. The first-order valence-corrected chi connectivity index (χ1v) is 6.87. The van der Waals surface area contributed by atoms with E-state index in [2.05, 4.69) is 15.3 Å². The lowest BCUT2D eigenvalue weighted by Crippen LogP contribution is -2.28. The molecular weight excluding hydrogens is 282 g/mol. The molecule has 0 aliphatic heterocycles. The monoisotopic (exact) mass is 299 g/mol. The molecule has 0 fully saturated rings. The molecule has 0 spiro atoms. The van der Waals surface area contributed by atoms with Gasteiger partial charge in [0.25, 0.3) is 5.91 Å². The highest BCUT2D eigenvalue weighted by Crippen LogP contribution is 2.14. The van der Waals surface area contributed by atoms with Crippen LogP contribution in [-0.2, 0) is 0 Å². The van der Waals surface area contributed by atoms with Crippen molar-refractivity contribution < 1.29 is 14.7 Å². The Hall–Kier alpha value is -2.76. The average molecular weight is 299 g/mol. The number of carboxylic acids is 1. The lowest BCUT2D eigenvalue weighted by atomic mass is 10.00. The Balaban J connectivity index is 1.94. The zero-order valence-corrected chi connectivity index (χ0v) is 12.4. The fraction of sp³-hybridized carbons (Fsp3) is 0.250. The van der Waals surface area contributed by atoms with Crippen molar-refractivity contribution in [1.82, 2.24) is 15.3 Å². The largest absolute Gasteiger partial charge is 0.476 e. The maximum Gasteiger partial charge on any atom is 0.356 e. The lowest BCUT2D eigenvalue weighted by Gasteiger charge is -2.13. The van der Waals surface area contributed by atoms with Gasteiger partial charge in [0.2, 0.25) is 0 Å². The molecule has 1 aromatic carbocycles. The number of nitrogens with zero attached hydrogens (tertiary/aromatic N) is 2. The fourth-order valence-electron chi connectivity index (χ4n) is 1.90. The Kier molecular flexibility index (Phi) is 4.83. The van der Waals surface area contributed by atoms with Crippen LogP contribution in [0.2, 0.25) is 0 Å². The Morgan fingerprint density at radius 1 is 1.14 bits per heavy atom. The molecule has 0 aliphatic rings. The Bertz CT molecular complexity index is 666. The molecule has 0 saturated carbocycles. The molecule has 2 N–H and O–H groups in total. The molecule has 1 amide bonds. The first-order valence-electron chi connectivity index (χ1n) is 6.87. The van der Waals surface area contributed by atoms with Crippen LogP contribution in [0.1, 0.15) is 44.9 Å². The standard InChI is InChI=1S/C16H17N3O3/c1-10-3-5-12(6-4-10)11(2)7-19-15(20)13-8-18-14(9-17-13)16(21)22/h3-6,8-9,11H,7H2,1-2H3,(H,19,20)(H,21,22). The van der Waals surface area contributed by atoms with E-state index < -0.39 is 5.97 Å². The van der Waals surface area contributed by atoms with E-state index in [-0.39, 0.29) is 23.2 Å². The number of amides is 1. The molecule has 0 aliphatic carbocycles. The van der Waals surface area contributed by atoms with E-state index in [1.165, 1.54) is 5.56 Å². The van der Waals surface area contributed by atoms with Crippen molar-refractivity contribution in [1.29, 1.82) is 0 Å². The molecule has 114 valence electrons. The number of carbonyl (C=O) groups is 2. The molecule has 6 nitrogen and oxygen atoms in total. The van der Waals surface area contributed by atoms with Gasteiger partial charge in [-0.3, -0.25) is 4.79 Å². The zero-order valence-electron chi connectivity index (χ0n) is 12.4. The Morgan fingerprint density at radius 2 is 1.73 bits per heavy atom. The number of carbonyl (C=O) groups excluding carboxylic acids is 1. The van der Waals surface area contributed by atoms with Gasteiger partial charge in [0.15, 0.2) is 5.69 Å². The molecule has 6 heteroatoms. The first-order chi connectivity index (χ1) is 10.5. The van der Waals surface area contributed by atoms with Crippen LogP contribution < -0.4 is 5.32 Å². The van der Waals surface area contributed by atoms with E-state index in [0.29, 0.717) is 6.54 Å². The third-order valence-electron chi connectivity index (χ3n) is 3.32. The number of aryl methyl sites for hydroxylation is 1. The number of carboxylic acid groups (broad SMARTS) is 1. The first kappa shape index (κ1) is 15.6. The highest BCUT2D eigenvalue weighted by atomic mass is 16.4. The number of aromatic nitrogens is 2. The van der Waals surface area contributed by atoms with Gasteiger partial charge >= 0.3 is 5.97 Å². The summed E-state index contributed by atoms with van der Waals surface area (Å²) in [5.41, 5.74) is 2.23. The summed E-state index contributed by atoms with van der Waals surface area (Å²) < 4.78 is 0. The van der Waals surface area contributed by atoms with Crippen molar-refractivity contribution in [3.8, 4) is 0 Å². The summed E-state index contributed by atoms with van der Waals surface area (Å²) in [6.07, 6.45) is 2.23. The van der Waals surface area contributed by atoms with Gasteiger partial charge in [0.1, 0.15) is 5.69 Å². The fourth-order valence-corrected chi connectivity index (χ4v) is 1.90. The molecule has 1 aromatic heterocycles. The number of rotatable bonds is 5. The van der Waals surface area contributed by atoms with Crippen LogP contribution in [-0.4, -0.2) is 33.5 Å². The number of benzene rings is 1. The number of aromatic carboxylic acids is 1. The maximum atomic E-state index is 12.0. The second-order valence-electron chi connectivity index (χ2n) is 5.11. The van der Waals surface area contributed by atoms with E-state index in [9.17, 15) is 9.59 Å². The molecule has 2 aromatic rings. The van der Waals surface area contributed by atoms with Crippen LogP contribution in [0.15, 0.2) is 36.7 Å². The van der Waals surface area contributed by atoms with Gasteiger partial charge in [-0.2, -0.15) is 0 Å². The quantitative estimate of drug-likeness (QED) is 0.881. The van der Waals surface area contributed by atoms with Crippen molar-refractivity contribution in [3.05, 3.63) is 59.2 Å². The van der Waals surface area contributed by atoms with E-state index in [4.69, 9.17) is 5.11 Å². The van der Waals surface area contributed by atoms with Crippen molar-refractivity contribution >= 4 is 11.9 Å². The molecule has 0 bridgehead atoms. The van der Waals surface area contributed by atoms with Crippen LogP contribution in [0, 0.1) is 6.92 Å². The number of nitrogens with one attached hydrogen (secondary N) is 1. The summed E-state index contributed by atoms with van der Waals surface area (Å²) in [6.45, 7) is 4.50. The van der Waals surface area contributed by atoms with Crippen LogP contribution in [0.4, 0.5) is 0 Å². The molecule has 22 heavy (non-hydrogen) atoms. The topological polar surface area (TPSA) is 92.2 Å². The third-order valence-corrected chi connectivity index (χ3v) is 3.32. The summed E-state index contributed by atoms with van der Waals surface area (Å²) in [6, 6.07) is 8.13. The summed E-state index contributed by atoms with van der Waals surface area (Å²) >= 11 is 0. The van der Waals surface area contributed by atoms with Gasteiger partial charge in [-0.15, -0.1) is 0 Å². The normalized spacial score (nSPS) is 11.7. The predicted molar refractivity (Wildman–Crippen MR) is 80.9 cm³/mol. The minimum Gasteiger partial charge on any atom is -0.476 e. The second kappa shape index (κ2) is 6.80. The van der Waals surface area contributed by atoms with Gasteiger partial charge in [-0.05, 0) is 18.4 Å². The SMILES string of the molecule is Cc1ccc(C(C)CNC(=O)c2cnc(C(=O)O)cn2)cc1. The van der Waals surface area contributed by atoms with Gasteiger partial charge < -0.3 is 10.4 Å². The maximum absolute atomic E-state index is 12.0. The molecule has 0 saturated heterocycles. The Labute approximate surface area is 128 Å². The predicted octanol–water partition coefficient (Wildman–Crippen LogP) is 2.02. The second-order valence-corrected chi connectivity index (χ2v) is 5.11. The highest BCUT2D eigenvalue weighted by molar-refractivity contribution is 5.92. The van der Waals surface area contributed by atoms with Gasteiger partial charge in [0, 0.05) is 6.54 Å². The van der Waals surface area contributed by atoms with Crippen LogP contribution in [0.5, 0.6) is 0 Å². The molecule has 1 unspecified atom stereocenters. The van der Waals surface area contributed by atoms with Crippen molar-refractivity contribution in [2.75, 3.05) is 6.54 Å². The van der Waals surface area contributed by atoms with Crippen molar-refractivity contribution in [2.24, 2.45) is 0 Å². The lowest BCUT2D eigenvalue weighted by molar-refractivity contribution is 0.0689. The minimum atomic E-state index is -1.17. The molecular formula is C16H17N3O3. The highest BCUT2D eigenvalue weighted by Gasteiger charge is 2.12. The molecule has 2 rings (SSSR count). The third kappa shape index (κ3) is 3.88. The molecule has 1 atom stereocenters. The average Bonchev–Trinajstić information content (AvgIpc) is 2.53. The van der Waals surface area contributed by atoms with Crippen molar-refractivity contribution in [3.63, 3.8) is 0 Å². The van der Waals surface area contributed by atoms with Crippen LogP contribution in [0.25, 0.3) is 0 Å². The molecule has 1 heterocycles. The van der Waals surface area contributed by atoms with Gasteiger partial charge in [-0.1, -0.05) is 36.8 Å². The summed E-state index contributed by atoms with van der Waals surface area (Å²) in [5, 5.41) is 11.5. The van der Waals surface area contributed by atoms with E-state index in [0.717, 1.165) is 18.0 Å². The summed E-state index contributed by atoms with van der Waals surface area (Å²) in [7, 11) is 0. The minimum absolute atomic E-state index is 0.0982. The van der Waals surface area contributed by atoms with E-state index >= 15 is 0 Å². The summed E-state index contributed by atoms with van der Waals surface area (Å²) in [5.74, 6) is -1.38. The summed E-state index contributed by atoms with van der Waals surface area (Å²) in [4.78, 5) is 30.1. The van der Waals surface area contributed by atoms with Crippen molar-refractivity contribution in [2.45, 2.75) is 19.8 Å². The van der Waals surface area contributed by atoms with Crippen LogP contribution in [0.3, 0.4) is 0 Å². The van der Waals surface area contributed by atoms with Crippen LogP contribution >= 0.6 is 0 Å². The van der Waals surface area contributed by atoms with Gasteiger partial charge in [-0.25, -0.2) is 14.8 Å².